The van der Waals surface area contributed by atoms with Gasteiger partial charge in [0.25, 0.3) is 10.0 Å². The van der Waals surface area contributed by atoms with E-state index in [1.165, 1.54) is 18.7 Å². The van der Waals surface area contributed by atoms with E-state index in [9.17, 15) is 27.9 Å². The Balaban J connectivity index is 2.09. The summed E-state index contributed by atoms with van der Waals surface area (Å²) in [7, 11) is -4.05. The van der Waals surface area contributed by atoms with Crippen LogP contribution in [-0.2, 0) is 30.8 Å². The largest absolute Gasteiger partial charge is 0.487 e. The predicted molar refractivity (Wildman–Crippen MR) is 155 cm³/mol. The number of sulfonamides is 1. The Labute approximate surface area is 240 Å². The molecule has 0 spiro atoms. The summed E-state index contributed by atoms with van der Waals surface area (Å²) < 4.78 is 35.0. The van der Waals surface area contributed by atoms with Crippen LogP contribution < -0.4 is 25.8 Å². The Bertz CT molecular complexity index is 1280. The highest BCUT2D eigenvalue weighted by Crippen LogP contribution is 2.43. The molecule has 40 heavy (non-hydrogen) atoms. The first kappa shape index (κ1) is 33.2. The van der Waals surface area contributed by atoms with E-state index < -0.39 is 45.5 Å². The second kappa shape index (κ2) is 13.6. The second-order valence-corrected chi connectivity index (χ2v) is 13.1. The number of rotatable bonds is 13. The smallest absolute Gasteiger partial charge is 0.326 e. The molecule has 1 aromatic rings. The van der Waals surface area contributed by atoms with Gasteiger partial charge in [0.15, 0.2) is 0 Å². The molecule has 1 heterocycles. The van der Waals surface area contributed by atoms with Gasteiger partial charge in [-0.1, -0.05) is 0 Å². The van der Waals surface area contributed by atoms with Crippen molar-refractivity contribution in [2.24, 2.45) is 10.7 Å². The summed E-state index contributed by atoms with van der Waals surface area (Å²) in [6.07, 6.45) is 3.06. The number of aliphatic carboxylic acids is 1. The first-order valence-electron chi connectivity index (χ1n) is 12.9. The fraction of sp³-hybridized carbons (Fsp3) is 0.615. The number of carbonyl (C=O) groups is 3. The monoisotopic (exact) mass is 599 g/mol. The van der Waals surface area contributed by atoms with Gasteiger partial charge in [0.05, 0.1) is 4.90 Å². The number of aliphatic imine (C=N–C) groups is 1. The van der Waals surface area contributed by atoms with E-state index in [0.717, 1.165) is 16.9 Å². The van der Waals surface area contributed by atoms with Gasteiger partial charge in [0, 0.05) is 25.5 Å². The quantitative estimate of drug-likeness (QED) is 0.127. The number of nitrogens with zero attached hydrogens (tertiary/aromatic N) is 1. The summed E-state index contributed by atoms with van der Waals surface area (Å²) in [6.45, 7) is 10.5. The minimum atomic E-state index is -4.05. The van der Waals surface area contributed by atoms with Crippen molar-refractivity contribution in [2.75, 3.05) is 18.6 Å². The van der Waals surface area contributed by atoms with Crippen LogP contribution in [0.15, 0.2) is 9.89 Å². The molecule has 0 aromatic heterocycles. The van der Waals surface area contributed by atoms with Crippen molar-refractivity contribution in [3.05, 3.63) is 22.3 Å². The Hall–Kier alpha value is -3.00. The molecule has 1 aromatic carbocycles. The summed E-state index contributed by atoms with van der Waals surface area (Å²) in [4.78, 5) is 40.0. The molecule has 0 saturated carbocycles. The fourth-order valence-electron chi connectivity index (χ4n) is 4.64. The zero-order chi connectivity index (χ0) is 30.4. The van der Waals surface area contributed by atoms with Crippen molar-refractivity contribution in [3.8, 4) is 5.75 Å². The number of carboxylic acids is 1. The Morgan fingerprint density at radius 2 is 1.75 bits per heavy atom. The minimum absolute atomic E-state index is 0.0652. The average molecular weight is 600 g/mol. The highest BCUT2D eigenvalue weighted by atomic mass is 32.2. The number of thioether (sulfide) groups is 1. The zero-order valence-electron chi connectivity index (χ0n) is 24.1. The van der Waals surface area contributed by atoms with Gasteiger partial charge < -0.3 is 26.2 Å². The second-order valence-electron chi connectivity index (χ2n) is 10.5. The Morgan fingerprint density at radius 3 is 2.33 bits per heavy atom. The first-order valence-corrected chi connectivity index (χ1v) is 15.8. The van der Waals surface area contributed by atoms with Crippen molar-refractivity contribution < 1.29 is 32.6 Å². The molecule has 2 amide bonds. The number of nitrogens with one attached hydrogen (secondary N) is 3. The van der Waals surface area contributed by atoms with Gasteiger partial charge in [-0.25, -0.2) is 17.9 Å². The van der Waals surface area contributed by atoms with Crippen molar-refractivity contribution in [1.82, 2.24) is 15.4 Å². The van der Waals surface area contributed by atoms with E-state index in [4.69, 9.17) is 10.5 Å². The minimum Gasteiger partial charge on any atom is -0.487 e. The summed E-state index contributed by atoms with van der Waals surface area (Å²) in [5, 5.41) is 14.4. The SMILES string of the molecule is CSCC[C@H](NC(=O)[C@H](CCCN=C(N)NS(=O)(=O)c1c(C)c(C)c2c(c1C)CC(C)(C)O2)NC(C)=O)C(=O)O. The van der Waals surface area contributed by atoms with Crippen LogP contribution in [0, 0.1) is 20.8 Å². The van der Waals surface area contributed by atoms with Crippen LogP contribution in [0.25, 0.3) is 0 Å². The number of nitrogens with two attached hydrogens (primary N) is 1. The van der Waals surface area contributed by atoms with Gasteiger partial charge in [-0.3, -0.25) is 14.6 Å². The van der Waals surface area contributed by atoms with Crippen LogP contribution in [0.2, 0.25) is 0 Å². The molecule has 2 rings (SSSR count). The lowest BCUT2D eigenvalue weighted by Gasteiger charge is -2.20. The average Bonchev–Trinajstić information content (AvgIpc) is 3.17. The maximum atomic E-state index is 13.3. The van der Waals surface area contributed by atoms with Crippen LogP contribution in [0.5, 0.6) is 5.75 Å². The summed E-state index contributed by atoms with van der Waals surface area (Å²) in [5.41, 5.74) is 8.25. The number of ether oxygens (including phenoxy) is 1. The number of hydrogen-bond donors (Lipinski definition) is 5. The molecular weight excluding hydrogens is 558 g/mol. The van der Waals surface area contributed by atoms with Crippen LogP contribution in [0.3, 0.4) is 0 Å². The number of carboxylic acid groups (broad SMARTS) is 1. The van der Waals surface area contributed by atoms with Gasteiger partial charge >= 0.3 is 5.97 Å². The molecule has 0 radical (unpaired) electrons. The molecule has 0 unspecified atom stereocenters. The van der Waals surface area contributed by atoms with E-state index in [1.54, 1.807) is 13.8 Å². The van der Waals surface area contributed by atoms with Gasteiger partial charge in [-0.05, 0) is 82.6 Å². The predicted octanol–water partition coefficient (Wildman–Crippen LogP) is 1.53. The van der Waals surface area contributed by atoms with E-state index in [0.29, 0.717) is 23.3 Å². The highest BCUT2D eigenvalue weighted by molar-refractivity contribution is 7.98. The van der Waals surface area contributed by atoms with E-state index in [-0.39, 0.29) is 36.7 Å². The number of fused-ring (bicyclic) bond motifs is 1. The molecular formula is C26H41N5O7S2. The summed E-state index contributed by atoms with van der Waals surface area (Å²) in [6, 6.07) is -2.06. The van der Waals surface area contributed by atoms with Crippen LogP contribution >= 0.6 is 11.8 Å². The van der Waals surface area contributed by atoms with Crippen molar-refractivity contribution >= 4 is 45.5 Å². The number of benzene rings is 1. The summed E-state index contributed by atoms with van der Waals surface area (Å²) >= 11 is 1.46. The number of amides is 2. The molecule has 12 nitrogen and oxygen atoms in total. The van der Waals surface area contributed by atoms with Crippen LogP contribution in [-0.4, -0.2) is 73.5 Å². The molecule has 0 saturated heterocycles. The van der Waals surface area contributed by atoms with Crippen molar-refractivity contribution in [3.63, 3.8) is 0 Å². The molecule has 0 aliphatic carbocycles. The van der Waals surface area contributed by atoms with Crippen LogP contribution in [0.1, 0.15) is 62.3 Å². The summed E-state index contributed by atoms with van der Waals surface area (Å²) in [5.74, 6) is -1.27. The Kier molecular flexibility index (Phi) is 11.3. The van der Waals surface area contributed by atoms with Gasteiger partial charge in [0.1, 0.15) is 23.4 Å². The van der Waals surface area contributed by atoms with E-state index >= 15 is 0 Å². The normalized spacial score (nSPS) is 15.9. The third-order valence-corrected chi connectivity index (χ3v) is 8.92. The molecule has 0 bridgehead atoms. The fourth-order valence-corrected chi connectivity index (χ4v) is 6.64. The molecule has 2 atom stereocenters. The molecule has 1 aliphatic rings. The Morgan fingerprint density at radius 1 is 1.10 bits per heavy atom. The molecule has 14 heteroatoms. The van der Waals surface area contributed by atoms with E-state index in [1.807, 2.05) is 27.0 Å². The lowest BCUT2D eigenvalue weighted by atomic mass is 9.94. The standard InChI is InChI=1S/C26H41N5O7S2/c1-14-15(2)22(16(3)18-13-26(5,6)38-21(14)18)40(36,37)31-25(27)28-11-8-9-19(29-17(4)32)23(33)30-20(24(34)35)10-12-39-7/h19-20H,8-13H2,1-7H3,(H,29,32)(H,30,33)(H,34,35)(H3,27,28,31)/t19-,20-/m0/s1. The lowest BCUT2D eigenvalue weighted by Crippen LogP contribution is -2.51. The van der Waals surface area contributed by atoms with Crippen molar-refractivity contribution in [2.45, 2.75) is 89.8 Å². The molecule has 6 N–H and O–H groups in total. The molecule has 1 aliphatic heterocycles. The molecule has 0 fully saturated rings. The zero-order valence-corrected chi connectivity index (χ0v) is 25.8. The maximum Gasteiger partial charge on any atom is 0.326 e. The lowest BCUT2D eigenvalue weighted by molar-refractivity contribution is -0.142. The maximum absolute atomic E-state index is 13.3. The number of hydrogen-bond acceptors (Lipinski definition) is 8. The van der Waals surface area contributed by atoms with E-state index in [2.05, 4.69) is 20.3 Å². The van der Waals surface area contributed by atoms with Gasteiger partial charge in [0.2, 0.25) is 17.8 Å². The first-order chi connectivity index (χ1) is 18.5. The highest BCUT2D eigenvalue weighted by Gasteiger charge is 2.36. The van der Waals surface area contributed by atoms with Gasteiger partial charge in [-0.15, -0.1) is 0 Å². The third-order valence-electron chi connectivity index (χ3n) is 6.65. The van der Waals surface area contributed by atoms with Crippen molar-refractivity contribution in [1.29, 1.82) is 0 Å². The third kappa shape index (κ3) is 8.50. The molecule has 224 valence electrons. The van der Waals surface area contributed by atoms with Gasteiger partial charge in [-0.2, -0.15) is 11.8 Å². The number of guanidine groups is 1. The van der Waals surface area contributed by atoms with Crippen LogP contribution in [0.4, 0.5) is 0 Å². The number of carbonyl (C=O) groups excluding carboxylic acids is 2. The topological polar surface area (TPSA) is 189 Å².